The molecule has 0 amide bonds. The molecule has 1 atom stereocenters. The molecule has 1 aliphatic rings. The van der Waals surface area contributed by atoms with E-state index in [2.05, 4.69) is 37.6 Å². The maximum atomic E-state index is 4.07. The van der Waals surface area contributed by atoms with Gasteiger partial charge in [0.15, 0.2) is 0 Å². The quantitative estimate of drug-likeness (QED) is 0.656. The molecule has 1 heterocycles. The van der Waals surface area contributed by atoms with Crippen LogP contribution in [0.5, 0.6) is 0 Å². The van der Waals surface area contributed by atoms with Gasteiger partial charge in [0.2, 0.25) is 0 Å². The molecule has 0 aromatic carbocycles. The van der Waals surface area contributed by atoms with Crippen molar-refractivity contribution in [2.75, 3.05) is 33.2 Å². The molecule has 1 aliphatic heterocycles. The highest BCUT2D eigenvalue weighted by atomic mass is 15.3. The molecule has 0 bridgehead atoms. The van der Waals surface area contributed by atoms with Gasteiger partial charge in [0.1, 0.15) is 0 Å². The van der Waals surface area contributed by atoms with E-state index in [0.717, 1.165) is 6.42 Å². The normalized spacial score (nSPS) is 22.2. The standard InChI is InChI=1S/C11H23N2/c1-5-11(3,6-2)13-9-7-12(4)8-10-13/h1,5-10H2,2-4H3. The van der Waals surface area contributed by atoms with Crippen LogP contribution in [-0.2, 0) is 0 Å². The molecular formula is C11H23N2. The zero-order valence-corrected chi connectivity index (χ0v) is 9.34. The summed E-state index contributed by atoms with van der Waals surface area (Å²) in [5.74, 6) is 0. The van der Waals surface area contributed by atoms with Gasteiger partial charge in [-0.1, -0.05) is 13.8 Å². The minimum atomic E-state index is 0.335. The Labute approximate surface area is 82.9 Å². The highest BCUT2D eigenvalue weighted by molar-refractivity contribution is 4.88. The monoisotopic (exact) mass is 183 g/mol. The SMILES string of the molecule is [CH2]CC(C)(CC)N1CCN(C)CC1. The summed E-state index contributed by atoms with van der Waals surface area (Å²) in [5, 5.41) is 0. The average molecular weight is 183 g/mol. The molecule has 2 nitrogen and oxygen atoms in total. The molecule has 0 spiro atoms. The summed E-state index contributed by atoms with van der Waals surface area (Å²) in [7, 11) is 2.20. The van der Waals surface area contributed by atoms with Crippen LogP contribution < -0.4 is 0 Å². The van der Waals surface area contributed by atoms with E-state index in [1.807, 2.05) is 0 Å². The van der Waals surface area contributed by atoms with Crippen LogP contribution in [0.15, 0.2) is 0 Å². The lowest BCUT2D eigenvalue weighted by Crippen LogP contribution is -2.54. The Morgan fingerprint density at radius 2 is 1.77 bits per heavy atom. The van der Waals surface area contributed by atoms with E-state index in [1.165, 1.54) is 32.6 Å². The summed E-state index contributed by atoms with van der Waals surface area (Å²) >= 11 is 0. The molecule has 0 aliphatic carbocycles. The van der Waals surface area contributed by atoms with Gasteiger partial charge >= 0.3 is 0 Å². The van der Waals surface area contributed by atoms with Gasteiger partial charge in [-0.3, -0.25) is 4.90 Å². The Bertz CT molecular complexity index is 144. The summed E-state index contributed by atoms with van der Waals surface area (Å²) in [6, 6.07) is 0. The van der Waals surface area contributed by atoms with Gasteiger partial charge in [0, 0.05) is 31.7 Å². The fraction of sp³-hybridized carbons (Fsp3) is 0.909. The van der Waals surface area contributed by atoms with E-state index in [1.54, 1.807) is 0 Å². The van der Waals surface area contributed by atoms with Gasteiger partial charge in [0.05, 0.1) is 0 Å². The van der Waals surface area contributed by atoms with Crippen molar-refractivity contribution in [2.45, 2.75) is 32.2 Å². The second-order valence-electron chi connectivity index (χ2n) is 4.39. The Hall–Kier alpha value is -0.0800. The molecule has 0 aromatic rings. The van der Waals surface area contributed by atoms with E-state index in [9.17, 15) is 0 Å². The molecular weight excluding hydrogens is 160 g/mol. The molecule has 1 rings (SSSR count). The van der Waals surface area contributed by atoms with E-state index in [-0.39, 0.29) is 0 Å². The third-order valence-corrected chi connectivity index (χ3v) is 3.57. The summed E-state index contributed by atoms with van der Waals surface area (Å²) in [4.78, 5) is 5.00. The maximum absolute atomic E-state index is 4.07. The topological polar surface area (TPSA) is 6.48 Å². The van der Waals surface area contributed by atoms with Gasteiger partial charge in [-0.15, -0.1) is 0 Å². The highest BCUT2D eigenvalue weighted by Crippen LogP contribution is 2.23. The van der Waals surface area contributed by atoms with Crippen LogP contribution in [0.4, 0.5) is 0 Å². The van der Waals surface area contributed by atoms with Crippen molar-refractivity contribution in [1.82, 2.24) is 9.80 Å². The number of hydrogen-bond donors (Lipinski definition) is 0. The lowest BCUT2D eigenvalue weighted by molar-refractivity contribution is 0.0493. The Kier molecular flexibility index (Phi) is 3.74. The lowest BCUT2D eigenvalue weighted by atomic mass is 9.92. The lowest BCUT2D eigenvalue weighted by Gasteiger charge is -2.44. The number of rotatable bonds is 3. The molecule has 1 unspecified atom stereocenters. The van der Waals surface area contributed by atoms with Gasteiger partial charge in [-0.25, -0.2) is 0 Å². The zero-order chi connectivity index (χ0) is 9.90. The predicted octanol–water partition coefficient (Wildman–Crippen LogP) is 1.63. The molecule has 2 heteroatoms. The van der Waals surface area contributed by atoms with E-state index < -0.39 is 0 Å². The summed E-state index contributed by atoms with van der Waals surface area (Å²) in [6.07, 6.45) is 2.23. The molecule has 77 valence electrons. The van der Waals surface area contributed by atoms with Crippen molar-refractivity contribution in [2.24, 2.45) is 0 Å². The Morgan fingerprint density at radius 3 is 2.15 bits per heavy atom. The third kappa shape index (κ3) is 2.44. The van der Waals surface area contributed by atoms with Crippen molar-refractivity contribution >= 4 is 0 Å². The van der Waals surface area contributed by atoms with Crippen molar-refractivity contribution in [3.05, 3.63) is 6.92 Å². The van der Waals surface area contributed by atoms with Gasteiger partial charge < -0.3 is 4.90 Å². The minimum absolute atomic E-state index is 0.335. The fourth-order valence-electron chi connectivity index (χ4n) is 1.90. The fourth-order valence-corrected chi connectivity index (χ4v) is 1.90. The summed E-state index contributed by atoms with van der Waals surface area (Å²) in [5.41, 5.74) is 0.335. The largest absolute Gasteiger partial charge is 0.304 e. The van der Waals surface area contributed by atoms with Gasteiger partial charge in [0.25, 0.3) is 0 Å². The summed E-state index contributed by atoms with van der Waals surface area (Å²) < 4.78 is 0. The Balaban J connectivity index is 2.51. The van der Waals surface area contributed by atoms with Crippen molar-refractivity contribution in [3.8, 4) is 0 Å². The molecule has 0 N–H and O–H groups in total. The van der Waals surface area contributed by atoms with E-state index in [0.29, 0.717) is 5.54 Å². The van der Waals surface area contributed by atoms with Crippen LogP contribution in [0.2, 0.25) is 0 Å². The molecule has 1 radical (unpaired) electrons. The minimum Gasteiger partial charge on any atom is -0.304 e. The van der Waals surface area contributed by atoms with E-state index >= 15 is 0 Å². The molecule has 1 fully saturated rings. The van der Waals surface area contributed by atoms with Crippen LogP contribution in [-0.4, -0.2) is 48.6 Å². The molecule has 13 heavy (non-hydrogen) atoms. The third-order valence-electron chi connectivity index (χ3n) is 3.57. The van der Waals surface area contributed by atoms with Crippen molar-refractivity contribution in [1.29, 1.82) is 0 Å². The van der Waals surface area contributed by atoms with Crippen LogP contribution in [0.3, 0.4) is 0 Å². The van der Waals surface area contributed by atoms with Crippen LogP contribution in [0, 0.1) is 6.92 Å². The number of nitrogens with zero attached hydrogens (tertiary/aromatic N) is 2. The van der Waals surface area contributed by atoms with Gasteiger partial charge in [-0.05, 0) is 26.8 Å². The van der Waals surface area contributed by atoms with Crippen LogP contribution in [0.25, 0.3) is 0 Å². The first-order valence-corrected chi connectivity index (χ1v) is 5.35. The average Bonchev–Trinajstić information content (AvgIpc) is 2.18. The number of hydrogen-bond acceptors (Lipinski definition) is 2. The van der Waals surface area contributed by atoms with Crippen molar-refractivity contribution in [3.63, 3.8) is 0 Å². The molecule has 0 saturated carbocycles. The maximum Gasteiger partial charge on any atom is 0.0179 e. The predicted molar refractivity (Wildman–Crippen MR) is 57.7 cm³/mol. The number of piperazine rings is 1. The first-order valence-electron chi connectivity index (χ1n) is 5.35. The summed E-state index contributed by atoms with van der Waals surface area (Å²) in [6.45, 7) is 13.5. The van der Waals surface area contributed by atoms with Crippen LogP contribution >= 0.6 is 0 Å². The van der Waals surface area contributed by atoms with Crippen LogP contribution in [0.1, 0.15) is 26.7 Å². The molecule has 0 aromatic heterocycles. The first kappa shape index (κ1) is 11.0. The number of likely N-dealkylation sites (N-methyl/N-ethyl adjacent to an activating group) is 1. The van der Waals surface area contributed by atoms with Gasteiger partial charge in [-0.2, -0.15) is 0 Å². The smallest absolute Gasteiger partial charge is 0.0179 e. The second kappa shape index (κ2) is 4.43. The molecule has 1 saturated heterocycles. The highest BCUT2D eigenvalue weighted by Gasteiger charge is 2.29. The second-order valence-corrected chi connectivity index (χ2v) is 4.39. The first-order chi connectivity index (χ1) is 6.12. The zero-order valence-electron chi connectivity index (χ0n) is 9.34. The van der Waals surface area contributed by atoms with E-state index in [4.69, 9.17) is 0 Å². The Morgan fingerprint density at radius 1 is 1.23 bits per heavy atom. The van der Waals surface area contributed by atoms with Crippen molar-refractivity contribution < 1.29 is 0 Å².